The van der Waals surface area contributed by atoms with Crippen LogP contribution in [0, 0.1) is 3.57 Å². The summed E-state index contributed by atoms with van der Waals surface area (Å²) in [6.45, 7) is 1.85. The van der Waals surface area contributed by atoms with E-state index in [4.69, 9.17) is 26.1 Å². The summed E-state index contributed by atoms with van der Waals surface area (Å²) in [7, 11) is 1.51. The van der Waals surface area contributed by atoms with Gasteiger partial charge in [0.1, 0.15) is 17.5 Å². The number of aromatic nitrogens is 1. The minimum Gasteiger partial charge on any atom is -0.506 e. The molecule has 2 heterocycles. The maximum atomic E-state index is 14.1. The van der Waals surface area contributed by atoms with E-state index in [1.165, 1.54) is 11.7 Å². The zero-order chi connectivity index (χ0) is 28.6. The number of phenols is 1. The molecule has 0 fully saturated rings. The first kappa shape index (κ1) is 28.6. The average molecular weight is 752 g/mol. The Kier molecular flexibility index (Phi) is 8.50. The normalized spacial score (nSPS) is 15.0. The number of carbonyl (C=O) groups is 1. The molecule has 4 aromatic rings. The highest BCUT2D eigenvalue weighted by Gasteiger charge is 2.37. The number of methoxy groups -OCH3 is 1. The lowest BCUT2D eigenvalue weighted by molar-refractivity contribution is -0.138. The predicted molar refractivity (Wildman–Crippen MR) is 168 cm³/mol. The van der Waals surface area contributed by atoms with Crippen LogP contribution in [0.3, 0.4) is 0 Å². The van der Waals surface area contributed by atoms with Gasteiger partial charge in [-0.25, -0.2) is 9.79 Å². The van der Waals surface area contributed by atoms with Crippen LogP contribution < -0.4 is 19.6 Å². The highest BCUT2D eigenvalue weighted by atomic mass is 127. The van der Waals surface area contributed by atoms with Gasteiger partial charge in [0.15, 0.2) is 4.80 Å². The van der Waals surface area contributed by atoms with E-state index in [2.05, 4.69) is 15.9 Å². The van der Waals surface area contributed by atoms with E-state index in [0.29, 0.717) is 46.1 Å². The maximum absolute atomic E-state index is 14.1. The molecule has 0 saturated carbocycles. The molecule has 0 aliphatic carbocycles. The molecule has 11 heteroatoms. The van der Waals surface area contributed by atoms with Crippen molar-refractivity contribution in [2.24, 2.45) is 4.99 Å². The molecule has 0 saturated heterocycles. The molecule has 1 aliphatic rings. The summed E-state index contributed by atoms with van der Waals surface area (Å²) in [6.07, 6.45) is 1.62. The van der Waals surface area contributed by atoms with Crippen LogP contribution in [0.4, 0.5) is 0 Å². The Hall–Kier alpha value is -2.93. The fraction of sp³-hybridized carbons (Fsp3) is 0.138. The molecule has 1 aliphatic heterocycles. The number of hydrogen-bond donors (Lipinski definition) is 1. The van der Waals surface area contributed by atoms with Gasteiger partial charge >= 0.3 is 5.97 Å². The van der Waals surface area contributed by atoms with Gasteiger partial charge in [-0.2, -0.15) is 0 Å². The highest BCUT2D eigenvalue weighted by Crippen LogP contribution is 2.40. The molecular weight excluding hydrogens is 731 g/mol. The van der Waals surface area contributed by atoms with Gasteiger partial charge in [-0.1, -0.05) is 69.2 Å². The van der Waals surface area contributed by atoms with E-state index in [-0.39, 0.29) is 23.5 Å². The Labute approximate surface area is 260 Å². The van der Waals surface area contributed by atoms with E-state index in [0.717, 1.165) is 15.8 Å². The standard InChI is InChI=1S/C29H21BrClIN2O5S/c1-3-39-28(37)23-24(15-7-5-4-6-8-15)33-29-34(25(23)19-14-18(31)9-10-21(19)38-2)27(36)22(40-29)12-16-11-17(30)13-20(32)26(16)35/h4-14,25,35H,3H2,1-2H3/b22-12-/t25-/m1/s1. The highest BCUT2D eigenvalue weighted by molar-refractivity contribution is 14.1. The zero-order valence-corrected chi connectivity index (χ0v) is 26.5. The quantitative estimate of drug-likeness (QED) is 0.203. The van der Waals surface area contributed by atoms with Gasteiger partial charge in [0, 0.05) is 26.2 Å². The topological polar surface area (TPSA) is 90.1 Å². The largest absolute Gasteiger partial charge is 0.506 e. The van der Waals surface area contributed by atoms with Gasteiger partial charge in [-0.3, -0.25) is 9.36 Å². The second-order valence-electron chi connectivity index (χ2n) is 8.64. The Bertz CT molecular complexity index is 1850. The number of ether oxygens (including phenoxy) is 2. The van der Waals surface area contributed by atoms with Crippen molar-refractivity contribution in [3.8, 4) is 11.5 Å². The van der Waals surface area contributed by atoms with Crippen molar-refractivity contribution in [1.82, 2.24) is 4.57 Å². The number of esters is 1. The van der Waals surface area contributed by atoms with Gasteiger partial charge in [0.05, 0.1) is 33.1 Å². The Balaban J connectivity index is 1.89. The molecule has 0 bridgehead atoms. The summed E-state index contributed by atoms with van der Waals surface area (Å²) >= 11 is 13.1. The van der Waals surface area contributed by atoms with Crippen LogP contribution in [-0.2, 0) is 9.53 Å². The summed E-state index contributed by atoms with van der Waals surface area (Å²) < 4.78 is 14.3. The van der Waals surface area contributed by atoms with Gasteiger partial charge < -0.3 is 14.6 Å². The fourth-order valence-corrected chi connectivity index (χ4v) is 7.21. The molecular formula is C29H21BrClIN2O5S. The Morgan fingerprint density at radius 1 is 1.23 bits per heavy atom. The molecule has 7 nitrogen and oxygen atoms in total. The van der Waals surface area contributed by atoms with Crippen LogP contribution in [-0.4, -0.2) is 29.4 Å². The molecule has 40 heavy (non-hydrogen) atoms. The number of carbonyl (C=O) groups excluding carboxylic acids is 1. The number of hydrogen-bond acceptors (Lipinski definition) is 7. The molecule has 5 rings (SSSR count). The van der Waals surface area contributed by atoms with Crippen molar-refractivity contribution < 1.29 is 19.4 Å². The summed E-state index contributed by atoms with van der Waals surface area (Å²) in [5, 5.41) is 11.1. The molecule has 204 valence electrons. The summed E-state index contributed by atoms with van der Waals surface area (Å²) in [6, 6.07) is 16.9. The van der Waals surface area contributed by atoms with E-state index in [9.17, 15) is 14.7 Å². The van der Waals surface area contributed by atoms with Crippen molar-refractivity contribution in [1.29, 1.82) is 0 Å². The molecule has 1 atom stereocenters. The SMILES string of the molecule is CCOC(=O)C1=C(c2ccccc2)N=c2s/c(=C\c3cc(Br)cc(I)c3O)c(=O)n2[C@@H]1c1cc(Cl)ccc1OC. The fourth-order valence-electron chi connectivity index (χ4n) is 4.49. The van der Waals surface area contributed by atoms with Crippen LogP contribution in [0.2, 0.25) is 5.02 Å². The van der Waals surface area contributed by atoms with Crippen molar-refractivity contribution in [3.05, 3.63) is 116 Å². The van der Waals surface area contributed by atoms with E-state index < -0.39 is 12.0 Å². The third-order valence-corrected chi connectivity index (χ3v) is 8.70. The lowest BCUT2D eigenvalue weighted by Crippen LogP contribution is -2.40. The molecule has 1 N–H and O–H groups in total. The van der Waals surface area contributed by atoms with Crippen LogP contribution in [0.15, 0.2) is 80.5 Å². The molecule has 0 unspecified atom stereocenters. The lowest BCUT2D eigenvalue weighted by atomic mass is 9.92. The third kappa shape index (κ3) is 5.37. The maximum Gasteiger partial charge on any atom is 0.338 e. The molecule has 0 radical (unpaired) electrons. The predicted octanol–water partition coefficient (Wildman–Crippen LogP) is 5.67. The number of benzene rings is 3. The average Bonchev–Trinajstić information content (AvgIpc) is 3.25. The van der Waals surface area contributed by atoms with Crippen molar-refractivity contribution in [2.45, 2.75) is 13.0 Å². The minimum absolute atomic E-state index is 0.0554. The van der Waals surface area contributed by atoms with Crippen LogP contribution in [0.1, 0.15) is 29.7 Å². The van der Waals surface area contributed by atoms with E-state index in [1.54, 1.807) is 43.3 Å². The van der Waals surface area contributed by atoms with Crippen molar-refractivity contribution in [2.75, 3.05) is 13.7 Å². The number of phenolic OH excluding ortho intramolecular Hbond substituents is 1. The van der Waals surface area contributed by atoms with E-state index >= 15 is 0 Å². The van der Waals surface area contributed by atoms with Crippen molar-refractivity contribution in [3.63, 3.8) is 0 Å². The van der Waals surface area contributed by atoms with Gasteiger partial charge in [-0.05, 0) is 65.9 Å². The van der Waals surface area contributed by atoms with Gasteiger partial charge in [-0.15, -0.1) is 0 Å². The number of rotatable bonds is 6. The summed E-state index contributed by atoms with van der Waals surface area (Å²) in [5.74, 6) is -0.107. The van der Waals surface area contributed by atoms with Crippen LogP contribution in [0.25, 0.3) is 11.8 Å². The minimum atomic E-state index is -0.947. The second kappa shape index (κ2) is 11.9. The number of aromatic hydroxyl groups is 1. The first-order valence-electron chi connectivity index (χ1n) is 12.0. The van der Waals surface area contributed by atoms with Gasteiger partial charge in [0.25, 0.3) is 5.56 Å². The smallest absolute Gasteiger partial charge is 0.338 e. The molecule has 3 aromatic carbocycles. The van der Waals surface area contributed by atoms with E-state index in [1.807, 2.05) is 52.9 Å². The first-order valence-corrected chi connectivity index (χ1v) is 15.1. The second-order valence-corrected chi connectivity index (χ2v) is 12.2. The zero-order valence-electron chi connectivity index (χ0n) is 21.2. The summed E-state index contributed by atoms with van der Waals surface area (Å²) in [4.78, 5) is 32.9. The Morgan fingerprint density at radius 2 is 1.98 bits per heavy atom. The summed E-state index contributed by atoms with van der Waals surface area (Å²) in [5.41, 5.74) is 1.85. The molecule has 1 aromatic heterocycles. The number of nitrogens with zero attached hydrogens (tertiary/aromatic N) is 2. The van der Waals surface area contributed by atoms with Crippen LogP contribution in [0.5, 0.6) is 11.5 Å². The lowest BCUT2D eigenvalue weighted by Gasteiger charge is -2.27. The Morgan fingerprint density at radius 3 is 2.67 bits per heavy atom. The van der Waals surface area contributed by atoms with Gasteiger partial charge in [0.2, 0.25) is 0 Å². The third-order valence-electron chi connectivity index (χ3n) is 6.20. The molecule has 0 spiro atoms. The van der Waals surface area contributed by atoms with Crippen molar-refractivity contribution >= 4 is 79.2 Å². The number of halogens is 3. The molecule has 0 amide bonds. The first-order chi connectivity index (χ1) is 19.2. The van der Waals surface area contributed by atoms with Crippen LogP contribution >= 0.6 is 61.5 Å². The number of fused-ring (bicyclic) bond motifs is 1. The monoisotopic (exact) mass is 750 g/mol. The number of thiazole rings is 1.